The van der Waals surface area contributed by atoms with Crippen molar-refractivity contribution >= 4 is 38.9 Å². The minimum Gasteiger partial charge on any atom is -0.373 e. The summed E-state index contributed by atoms with van der Waals surface area (Å²) in [5.41, 5.74) is 1.73. The van der Waals surface area contributed by atoms with E-state index in [1.54, 1.807) is 0 Å². The molecule has 10 heteroatoms. The van der Waals surface area contributed by atoms with E-state index in [4.69, 9.17) is 16.3 Å². The normalized spacial score (nSPS) is 20.2. The van der Waals surface area contributed by atoms with E-state index in [2.05, 4.69) is 10.3 Å². The number of aromatic nitrogens is 1. The van der Waals surface area contributed by atoms with Crippen molar-refractivity contribution in [3.8, 4) is 0 Å². The Labute approximate surface area is 186 Å². The van der Waals surface area contributed by atoms with Gasteiger partial charge < -0.3 is 10.1 Å². The average molecular weight is 472 g/mol. The van der Waals surface area contributed by atoms with Crippen molar-refractivity contribution in [2.24, 2.45) is 0 Å². The van der Waals surface area contributed by atoms with E-state index < -0.39 is 10.0 Å². The van der Waals surface area contributed by atoms with E-state index in [1.807, 2.05) is 43.5 Å². The zero-order valence-electron chi connectivity index (χ0n) is 17.0. The van der Waals surface area contributed by atoms with Crippen LogP contribution in [0.5, 0.6) is 0 Å². The Morgan fingerprint density at radius 2 is 2.07 bits per heavy atom. The molecule has 0 bridgehead atoms. The Morgan fingerprint density at radius 3 is 2.77 bits per heavy atom. The predicted octanol–water partition coefficient (Wildman–Crippen LogP) is 2.49. The van der Waals surface area contributed by atoms with Crippen molar-refractivity contribution in [2.45, 2.75) is 38.9 Å². The van der Waals surface area contributed by atoms with Crippen molar-refractivity contribution in [1.82, 2.24) is 14.6 Å². The number of ether oxygens (including phenoxy) is 1. The van der Waals surface area contributed by atoms with Crippen molar-refractivity contribution < 1.29 is 17.9 Å². The molecule has 164 valence electrons. The lowest BCUT2D eigenvalue weighted by molar-refractivity contribution is -0.120. The van der Waals surface area contributed by atoms with Gasteiger partial charge in [-0.3, -0.25) is 4.79 Å². The van der Waals surface area contributed by atoms with Crippen LogP contribution in [-0.4, -0.2) is 61.2 Å². The second-order valence-corrected chi connectivity index (χ2v) is 10.9. The Balaban J connectivity index is 1.45. The van der Waals surface area contributed by atoms with Crippen molar-refractivity contribution in [2.75, 3.05) is 25.4 Å². The van der Waals surface area contributed by atoms with Gasteiger partial charge in [-0.2, -0.15) is 4.31 Å². The number of thiazole rings is 1. The zero-order valence-corrected chi connectivity index (χ0v) is 19.4. The highest BCUT2D eigenvalue weighted by Gasteiger charge is 2.30. The number of rotatable bonds is 8. The van der Waals surface area contributed by atoms with Gasteiger partial charge in [0.05, 0.1) is 35.1 Å². The number of sulfonamides is 1. The number of hydrogen-bond acceptors (Lipinski definition) is 6. The third-order valence-electron chi connectivity index (χ3n) is 4.65. The summed E-state index contributed by atoms with van der Waals surface area (Å²) in [6.45, 7) is 4.47. The summed E-state index contributed by atoms with van der Waals surface area (Å²) in [6, 6.07) is 7.59. The van der Waals surface area contributed by atoms with Crippen LogP contribution in [0.4, 0.5) is 0 Å². The van der Waals surface area contributed by atoms with Gasteiger partial charge in [0.2, 0.25) is 15.9 Å². The van der Waals surface area contributed by atoms with Crippen molar-refractivity contribution in [3.05, 3.63) is 50.9 Å². The molecule has 2 atom stereocenters. The van der Waals surface area contributed by atoms with Crippen LogP contribution in [0.1, 0.15) is 30.1 Å². The summed E-state index contributed by atoms with van der Waals surface area (Å²) in [5, 5.41) is 6.12. The third-order valence-corrected chi connectivity index (χ3v) is 7.58. The van der Waals surface area contributed by atoms with E-state index in [-0.39, 0.29) is 36.8 Å². The third kappa shape index (κ3) is 6.75. The lowest BCUT2D eigenvalue weighted by Gasteiger charge is -2.34. The second-order valence-electron chi connectivity index (χ2n) is 7.46. The lowest BCUT2D eigenvalue weighted by atomic mass is 10.2. The molecule has 1 aliphatic rings. The van der Waals surface area contributed by atoms with Gasteiger partial charge in [-0.1, -0.05) is 23.7 Å². The number of amides is 1. The van der Waals surface area contributed by atoms with Crippen LogP contribution in [0.15, 0.2) is 29.6 Å². The quantitative estimate of drug-likeness (QED) is 0.639. The molecule has 2 aromatic rings. The number of nitrogens with zero attached hydrogens (tertiary/aromatic N) is 2. The maximum atomic E-state index is 12.5. The van der Waals surface area contributed by atoms with E-state index >= 15 is 0 Å². The molecule has 1 aromatic heterocycles. The first-order valence-corrected chi connectivity index (χ1v) is 12.7. The summed E-state index contributed by atoms with van der Waals surface area (Å²) in [4.78, 5) is 16.7. The summed E-state index contributed by atoms with van der Waals surface area (Å²) in [7, 11) is -3.44. The molecule has 0 spiro atoms. The van der Waals surface area contributed by atoms with Crippen LogP contribution in [0.3, 0.4) is 0 Å². The topological polar surface area (TPSA) is 88.6 Å². The lowest BCUT2D eigenvalue weighted by Crippen LogP contribution is -2.49. The Hall–Kier alpha value is -1.52. The number of hydrogen-bond donors (Lipinski definition) is 1. The summed E-state index contributed by atoms with van der Waals surface area (Å²) >= 11 is 7.50. The Morgan fingerprint density at radius 1 is 1.33 bits per heavy atom. The molecule has 2 heterocycles. The van der Waals surface area contributed by atoms with Gasteiger partial charge in [-0.25, -0.2) is 13.4 Å². The first kappa shape index (κ1) is 23.1. The van der Waals surface area contributed by atoms with Gasteiger partial charge in [0, 0.05) is 36.5 Å². The van der Waals surface area contributed by atoms with Crippen molar-refractivity contribution in [3.63, 3.8) is 0 Å². The standard InChI is InChI=1S/C20H26ClN3O4S2/c1-14-11-24(12-15(2)28-14)30(26,27)7-6-22-19(25)10-18-13-29-20(23-18)9-16-4-3-5-17(21)8-16/h3-5,8,13-15H,6-7,9-12H2,1-2H3,(H,22,25). The van der Waals surface area contributed by atoms with Gasteiger partial charge >= 0.3 is 0 Å². The van der Waals surface area contributed by atoms with Crippen LogP contribution in [0.25, 0.3) is 0 Å². The summed E-state index contributed by atoms with van der Waals surface area (Å²) < 4.78 is 32.1. The fraction of sp³-hybridized carbons (Fsp3) is 0.500. The minimum absolute atomic E-state index is 0.0702. The summed E-state index contributed by atoms with van der Waals surface area (Å²) in [6.07, 6.45) is 0.506. The SMILES string of the molecule is CC1CN(S(=O)(=O)CCNC(=O)Cc2csc(Cc3cccc(Cl)c3)n2)CC(C)O1. The number of carbonyl (C=O) groups excluding carboxylic acids is 1. The number of morpholine rings is 1. The molecule has 1 saturated heterocycles. The van der Waals surface area contributed by atoms with Gasteiger partial charge in [0.25, 0.3) is 0 Å². The van der Waals surface area contributed by atoms with Gasteiger partial charge in [0.15, 0.2) is 0 Å². The maximum Gasteiger partial charge on any atom is 0.226 e. The number of nitrogens with one attached hydrogen (secondary N) is 1. The van der Waals surface area contributed by atoms with Crippen LogP contribution in [-0.2, 0) is 32.4 Å². The molecule has 2 unspecified atom stereocenters. The molecule has 0 saturated carbocycles. The molecule has 1 N–H and O–H groups in total. The predicted molar refractivity (Wildman–Crippen MR) is 118 cm³/mol. The van der Waals surface area contributed by atoms with E-state index in [0.717, 1.165) is 10.6 Å². The highest BCUT2D eigenvalue weighted by molar-refractivity contribution is 7.89. The molecule has 0 radical (unpaired) electrons. The molecule has 0 aliphatic carbocycles. The van der Waals surface area contributed by atoms with Gasteiger partial charge in [-0.15, -0.1) is 11.3 Å². The molecular formula is C20H26ClN3O4S2. The average Bonchev–Trinajstić information content (AvgIpc) is 3.07. The first-order valence-electron chi connectivity index (χ1n) is 9.79. The van der Waals surface area contributed by atoms with Crippen LogP contribution >= 0.6 is 22.9 Å². The van der Waals surface area contributed by atoms with E-state index in [1.165, 1.54) is 15.6 Å². The van der Waals surface area contributed by atoms with Crippen molar-refractivity contribution in [1.29, 1.82) is 0 Å². The fourth-order valence-corrected chi connectivity index (χ4v) is 5.90. The van der Waals surface area contributed by atoms with Crippen LogP contribution in [0, 0.1) is 0 Å². The minimum atomic E-state index is -3.44. The van der Waals surface area contributed by atoms with Gasteiger partial charge in [-0.05, 0) is 31.5 Å². The molecular weight excluding hydrogens is 446 g/mol. The van der Waals surface area contributed by atoms with Crippen LogP contribution in [0.2, 0.25) is 5.02 Å². The monoisotopic (exact) mass is 471 g/mol. The first-order chi connectivity index (χ1) is 14.2. The molecule has 3 rings (SSSR count). The maximum absolute atomic E-state index is 12.5. The summed E-state index contributed by atoms with van der Waals surface area (Å²) in [5.74, 6) is -0.372. The van der Waals surface area contributed by atoms with Gasteiger partial charge in [0.1, 0.15) is 0 Å². The van der Waals surface area contributed by atoms with E-state index in [0.29, 0.717) is 30.2 Å². The Bertz CT molecular complexity index is 970. The number of carbonyl (C=O) groups is 1. The Kier molecular flexibility index (Phi) is 7.86. The molecule has 7 nitrogen and oxygen atoms in total. The second kappa shape index (κ2) is 10.2. The molecule has 1 aromatic carbocycles. The zero-order chi connectivity index (χ0) is 21.7. The highest BCUT2D eigenvalue weighted by atomic mass is 35.5. The largest absolute Gasteiger partial charge is 0.373 e. The molecule has 1 amide bonds. The number of halogens is 1. The molecule has 30 heavy (non-hydrogen) atoms. The smallest absolute Gasteiger partial charge is 0.226 e. The number of benzene rings is 1. The molecule has 1 aliphatic heterocycles. The fourth-order valence-electron chi connectivity index (χ4n) is 3.37. The van der Waals surface area contributed by atoms with Crippen LogP contribution < -0.4 is 5.32 Å². The molecule has 1 fully saturated rings. The highest BCUT2D eigenvalue weighted by Crippen LogP contribution is 2.18. The van der Waals surface area contributed by atoms with E-state index in [9.17, 15) is 13.2 Å².